The lowest BCUT2D eigenvalue weighted by Crippen LogP contribution is -2.37. The van der Waals surface area contributed by atoms with Crippen LogP contribution in [0.3, 0.4) is 0 Å². The van der Waals surface area contributed by atoms with Crippen molar-refractivity contribution in [1.29, 1.82) is 0 Å². The molecule has 1 aromatic carbocycles. The third kappa shape index (κ3) is 4.34. The average Bonchev–Trinajstić information content (AvgIpc) is 2.46. The van der Waals surface area contributed by atoms with Crippen molar-refractivity contribution in [2.75, 3.05) is 5.32 Å². The predicted octanol–water partition coefficient (Wildman–Crippen LogP) is 3.70. The van der Waals surface area contributed by atoms with Gasteiger partial charge in [0.25, 0.3) is 0 Å². The van der Waals surface area contributed by atoms with E-state index in [1.54, 1.807) is 0 Å². The van der Waals surface area contributed by atoms with Gasteiger partial charge in [-0.15, -0.1) is 0 Å². The Morgan fingerprint density at radius 2 is 1.90 bits per heavy atom. The van der Waals surface area contributed by atoms with Gasteiger partial charge in [0.15, 0.2) is 0 Å². The fourth-order valence-electron chi connectivity index (χ4n) is 3.12. The summed E-state index contributed by atoms with van der Waals surface area (Å²) in [6.45, 7) is 4.75. The summed E-state index contributed by atoms with van der Waals surface area (Å²) in [5.74, 6) is 0.811. The summed E-state index contributed by atoms with van der Waals surface area (Å²) in [5.41, 5.74) is 2.14. The number of nitrogens with one attached hydrogen (secondary N) is 2. The van der Waals surface area contributed by atoms with Crippen LogP contribution in [0, 0.1) is 5.92 Å². The van der Waals surface area contributed by atoms with Crippen LogP contribution in [0.5, 0.6) is 0 Å². The first-order valence-electron chi connectivity index (χ1n) is 7.79. The van der Waals surface area contributed by atoms with Gasteiger partial charge < -0.3 is 10.6 Å². The minimum absolute atomic E-state index is 0.0242. The maximum absolute atomic E-state index is 11.0. The zero-order valence-corrected chi connectivity index (χ0v) is 12.6. The van der Waals surface area contributed by atoms with Gasteiger partial charge in [0.05, 0.1) is 0 Å². The molecule has 0 bridgehead atoms. The summed E-state index contributed by atoms with van der Waals surface area (Å²) in [6.07, 6.45) is 6.70. The minimum atomic E-state index is -0.0242. The van der Waals surface area contributed by atoms with Crippen LogP contribution in [-0.2, 0) is 11.3 Å². The van der Waals surface area contributed by atoms with Gasteiger partial charge in [-0.25, -0.2) is 0 Å². The summed E-state index contributed by atoms with van der Waals surface area (Å²) in [4.78, 5) is 11.0. The highest BCUT2D eigenvalue weighted by Gasteiger charge is 2.22. The molecule has 0 spiro atoms. The van der Waals surface area contributed by atoms with Gasteiger partial charge >= 0.3 is 0 Å². The van der Waals surface area contributed by atoms with E-state index in [4.69, 9.17) is 0 Å². The predicted molar refractivity (Wildman–Crippen MR) is 83.6 cm³/mol. The summed E-state index contributed by atoms with van der Waals surface area (Å²) in [5, 5.41) is 6.51. The largest absolute Gasteiger partial charge is 0.326 e. The molecule has 1 fully saturated rings. The lowest BCUT2D eigenvalue weighted by Gasteiger charge is -2.31. The second-order valence-corrected chi connectivity index (χ2v) is 5.82. The quantitative estimate of drug-likeness (QED) is 0.859. The first-order valence-corrected chi connectivity index (χ1v) is 7.79. The van der Waals surface area contributed by atoms with E-state index in [0.29, 0.717) is 6.04 Å². The van der Waals surface area contributed by atoms with E-state index < -0.39 is 0 Å². The van der Waals surface area contributed by atoms with Crippen LogP contribution in [0.25, 0.3) is 0 Å². The van der Waals surface area contributed by atoms with E-state index in [2.05, 4.69) is 29.7 Å². The molecule has 2 atom stereocenters. The molecule has 1 aliphatic rings. The Labute approximate surface area is 122 Å². The number of benzene rings is 1. The Morgan fingerprint density at radius 1 is 1.20 bits per heavy atom. The number of amides is 1. The van der Waals surface area contributed by atoms with Crippen molar-refractivity contribution in [2.24, 2.45) is 5.92 Å². The lowest BCUT2D eigenvalue weighted by atomic mass is 9.83. The van der Waals surface area contributed by atoms with Gasteiger partial charge in [-0.2, -0.15) is 0 Å². The highest BCUT2D eigenvalue weighted by atomic mass is 16.1. The number of carbonyl (C=O) groups is 1. The fourth-order valence-corrected chi connectivity index (χ4v) is 3.12. The molecule has 2 N–H and O–H groups in total. The van der Waals surface area contributed by atoms with E-state index in [0.717, 1.165) is 18.2 Å². The van der Waals surface area contributed by atoms with Gasteiger partial charge in [-0.3, -0.25) is 4.79 Å². The van der Waals surface area contributed by atoms with Gasteiger partial charge in [0.1, 0.15) is 0 Å². The first kappa shape index (κ1) is 15.0. The second-order valence-electron chi connectivity index (χ2n) is 5.82. The number of anilines is 1. The van der Waals surface area contributed by atoms with Crippen LogP contribution in [0.1, 0.15) is 51.5 Å². The monoisotopic (exact) mass is 274 g/mol. The Morgan fingerprint density at radius 3 is 2.55 bits per heavy atom. The molecular weight excluding hydrogens is 248 g/mol. The van der Waals surface area contributed by atoms with E-state index >= 15 is 0 Å². The molecule has 1 aliphatic carbocycles. The molecule has 110 valence electrons. The molecule has 1 aromatic rings. The molecule has 0 aliphatic heterocycles. The molecule has 0 saturated heterocycles. The maximum Gasteiger partial charge on any atom is 0.221 e. The minimum Gasteiger partial charge on any atom is -0.326 e. The molecule has 0 aromatic heterocycles. The molecule has 3 nitrogen and oxygen atoms in total. The highest BCUT2D eigenvalue weighted by Crippen LogP contribution is 2.27. The van der Waals surface area contributed by atoms with Crippen LogP contribution < -0.4 is 10.6 Å². The smallest absolute Gasteiger partial charge is 0.221 e. The van der Waals surface area contributed by atoms with Crippen LogP contribution in [-0.4, -0.2) is 11.9 Å². The zero-order valence-electron chi connectivity index (χ0n) is 12.6. The van der Waals surface area contributed by atoms with Crippen LogP contribution in [0.15, 0.2) is 24.3 Å². The Kier molecular flexibility index (Phi) is 5.60. The Hall–Kier alpha value is -1.35. The highest BCUT2D eigenvalue weighted by molar-refractivity contribution is 5.88. The van der Waals surface area contributed by atoms with Crippen molar-refractivity contribution in [2.45, 2.75) is 58.5 Å². The Balaban J connectivity index is 1.85. The van der Waals surface area contributed by atoms with Gasteiger partial charge in [0.2, 0.25) is 5.91 Å². The van der Waals surface area contributed by atoms with E-state index in [1.807, 2.05) is 12.1 Å². The Bertz CT molecular complexity index is 427. The third-order valence-electron chi connectivity index (χ3n) is 4.28. The van der Waals surface area contributed by atoms with Crippen molar-refractivity contribution in [3.63, 3.8) is 0 Å². The molecule has 0 heterocycles. The average molecular weight is 274 g/mol. The summed E-state index contributed by atoms with van der Waals surface area (Å²) in [6, 6.07) is 8.78. The molecule has 3 heteroatoms. The van der Waals surface area contributed by atoms with Crippen molar-refractivity contribution in [3.05, 3.63) is 29.8 Å². The topological polar surface area (TPSA) is 41.1 Å². The maximum atomic E-state index is 11.0. The van der Waals surface area contributed by atoms with E-state index in [-0.39, 0.29) is 5.91 Å². The van der Waals surface area contributed by atoms with Crippen LogP contribution in [0.2, 0.25) is 0 Å². The molecule has 1 saturated carbocycles. The number of hydrogen-bond donors (Lipinski definition) is 2. The molecule has 0 radical (unpaired) electrons. The molecule has 20 heavy (non-hydrogen) atoms. The van der Waals surface area contributed by atoms with Gasteiger partial charge in [-0.05, 0) is 36.5 Å². The summed E-state index contributed by atoms with van der Waals surface area (Å²) >= 11 is 0. The molecule has 2 rings (SSSR count). The van der Waals surface area contributed by atoms with Crippen molar-refractivity contribution in [1.82, 2.24) is 5.32 Å². The number of hydrogen-bond acceptors (Lipinski definition) is 2. The SMILES string of the molecule is CCC1CCCCC1NCc1ccc(NC(C)=O)cc1. The summed E-state index contributed by atoms with van der Waals surface area (Å²) < 4.78 is 0. The summed E-state index contributed by atoms with van der Waals surface area (Å²) in [7, 11) is 0. The standard InChI is InChI=1S/C17H26N2O/c1-3-15-6-4-5-7-17(15)18-12-14-8-10-16(11-9-14)19-13(2)20/h8-11,15,17-18H,3-7,12H2,1-2H3,(H,19,20). The number of carbonyl (C=O) groups excluding carboxylic acids is 1. The lowest BCUT2D eigenvalue weighted by molar-refractivity contribution is -0.114. The van der Waals surface area contributed by atoms with E-state index in [9.17, 15) is 4.79 Å². The van der Waals surface area contributed by atoms with Crippen molar-refractivity contribution in [3.8, 4) is 0 Å². The third-order valence-corrected chi connectivity index (χ3v) is 4.28. The molecule has 1 amide bonds. The zero-order chi connectivity index (χ0) is 14.4. The van der Waals surface area contributed by atoms with Gasteiger partial charge in [-0.1, -0.05) is 38.3 Å². The van der Waals surface area contributed by atoms with Gasteiger partial charge in [0, 0.05) is 25.2 Å². The first-order chi connectivity index (χ1) is 9.69. The van der Waals surface area contributed by atoms with Crippen LogP contribution >= 0.6 is 0 Å². The van der Waals surface area contributed by atoms with E-state index in [1.165, 1.54) is 44.6 Å². The normalized spacial score (nSPS) is 22.5. The fraction of sp³-hybridized carbons (Fsp3) is 0.588. The van der Waals surface area contributed by atoms with Crippen molar-refractivity contribution >= 4 is 11.6 Å². The van der Waals surface area contributed by atoms with Crippen molar-refractivity contribution < 1.29 is 4.79 Å². The molecular formula is C17H26N2O. The van der Waals surface area contributed by atoms with Crippen LogP contribution in [0.4, 0.5) is 5.69 Å². The second kappa shape index (κ2) is 7.44. The molecule has 2 unspecified atom stereocenters. The number of rotatable bonds is 5.